The van der Waals surface area contributed by atoms with E-state index in [1.54, 1.807) is 18.2 Å². The number of rotatable bonds is 3. The summed E-state index contributed by atoms with van der Waals surface area (Å²) in [7, 11) is 0. The Balaban J connectivity index is 1.69. The maximum absolute atomic E-state index is 13.0. The van der Waals surface area contributed by atoms with Gasteiger partial charge < -0.3 is 9.69 Å². The van der Waals surface area contributed by atoms with Crippen molar-refractivity contribution in [3.8, 4) is 0 Å². The third kappa shape index (κ3) is 2.40. The van der Waals surface area contributed by atoms with Gasteiger partial charge in [0, 0.05) is 25.4 Å². The monoisotopic (exact) mass is 355 g/mol. The van der Waals surface area contributed by atoms with Gasteiger partial charge in [-0.15, -0.1) is 0 Å². The van der Waals surface area contributed by atoms with Crippen LogP contribution >= 0.6 is 0 Å². The number of imide groups is 2. The number of hydrogen-bond donors (Lipinski definition) is 1. The predicted octanol–water partition coefficient (Wildman–Crippen LogP) is 0.113. The van der Waals surface area contributed by atoms with Crippen molar-refractivity contribution in [1.29, 1.82) is 0 Å². The first-order valence-corrected chi connectivity index (χ1v) is 8.56. The average Bonchev–Trinajstić information content (AvgIpc) is 3.20. The first kappa shape index (κ1) is 16.4. The van der Waals surface area contributed by atoms with E-state index in [1.165, 1.54) is 0 Å². The van der Waals surface area contributed by atoms with Crippen molar-refractivity contribution in [1.82, 2.24) is 10.2 Å². The molecule has 8 nitrogen and oxygen atoms in total. The van der Waals surface area contributed by atoms with Gasteiger partial charge in [-0.3, -0.25) is 29.4 Å². The third-order valence-corrected chi connectivity index (χ3v) is 5.20. The molecule has 1 aromatic rings. The number of carbonyl (C=O) groups is 5. The third-order valence-electron chi connectivity index (χ3n) is 5.20. The van der Waals surface area contributed by atoms with E-state index in [4.69, 9.17) is 0 Å². The molecule has 0 radical (unpaired) electrons. The lowest BCUT2D eigenvalue weighted by atomic mass is 10.0. The van der Waals surface area contributed by atoms with Crippen LogP contribution in [-0.4, -0.2) is 53.9 Å². The van der Waals surface area contributed by atoms with Gasteiger partial charge in [0.2, 0.25) is 11.8 Å². The van der Waals surface area contributed by atoms with Gasteiger partial charge in [0.1, 0.15) is 12.3 Å². The topological polar surface area (TPSA) is 104 Å². The van der Waals surface area contributed by atoms with Crippen molar-refractivity contribution >= 4 is 35.6 Å². The van der Waals surface area contributed by atoms with Crippen LogP contribution in [-0.2, 0) is 14.4 Å². The summed E-state index contributed by atoms with van der Waals surface area (Å²) in [6, 6.07) is 4.04. The maximum atomic E-state index is 13.0. The van der Waals surface area contributed by atoms with Crippen molar-refractivity contribution in [3.63, 3.8) is 0 Å². The number of amides is 4. The van der Waals surface area contributed by atoms with Crippen LogP contribution < -0.4 is 10.2 Å². The molecular formula is C18H17N3O5. The Hall–Kier alpha value is -3.03. The largest absolute Gasteiger partial charge is 0.370 e. The quantitative estimate of drug-likeness (QED) is 0.610. The van der Waals surface area contributed by atoms with E-state index in [-0.39, 0.29) is 29.9 Å². The van der Waals surface area contributed by atoms with E-state index in [1.807, 2.05) is 4.90 Å². The van der Waals surface area contributed by atoms with E-state index in [0.717, 1.165) is 11.2 Å². The van der Waals surface area contributed by atoms with Crippen LogP contribution in [0.1, 0.15) is 40.0 Å². The minimum absolute atomic E-state index is 0.0871. The molecule has 0 saturated carbocycles. The Kier molecular flexibility index (Phi) is 3.82. The van der Waals surface area contributed by atoms with Crippen LogP contribution in [0.3, 0.4) is 0 Å². The molecule has 0 bridgehead atoms. The summed E-state index contributed by atoms with van der Waals surface area (Å²) in [5.41, 5.74) is 1.14. The predicted molar refractivity (Wildman–Crippen MR) is 89.5 cm³/mol. The highest BCUT2D eigenvalue weighted by molar-refractivity contribution is 6.25. The molecule has 4 amide bonds. The summed E-state index contributed by atoms with van der Waals surface area (Å²) in [6.45, 7) is 1.12. The van der Waals surface area contributed by atoms with Crippen molar-refractivity contribution < 1.29 is 24.0 Å². The first-order valence-electron chi connectivity index (χ1n) is 8.56. The van der Waals surface area contributed by atoms with E-state index >= 15 is 0 Å². The lowest BCUT2D eigenvalue weighted by Gasteiger charge is -2.28. The second-order valence-electron chi connectivity index (χ2n) is 6.78. The normalized spacial score (nSPS) is 25.5. The molecular weight excluding hydrogens is 338 g/mol. The Morgan fingerprint density at radius 3 is 2.58 bits per heavy atom. The number of carbonyl (C=O) groups excluding carboxylic acids is 5. The van der Waals surface area contributed by atoms with Gasteiger partial charge in [-0.2, -0.15) is 0 Å². The maximum Gasteiger partial charge on any atom is 0.264 e. The highest BCUT2D eigenvalue weighted by Gasteiger charge is 2.46. The summed E-state index contributed by atoms with van der Waals surface area (Å²) >= 11 is 0. The second-order valence-corrected chi connectivity index (χ2v) is 6.78. The zero-order valence-electron chi connectivity index (χ0n) is 13.9. The number of anilines is 1. The van der Waals surface area contributed by atoms with Gasteiger partial charge in [0.25, 0.3) is 11.8 Å². The summed E-state index contributed by atoms with van der Waals surface area (Å²) < 4.78 is 0. The molecule has 0 spiro atoms. The van der Waals surface area contributed by atoms with E-state index < -0.39 is 29.7 Å². The zero-order valence-corrected chi connectivity index (χ0v) is 13.9. The Labute approximate surface area is 149 Å². The molecule has 8 heteroatoms. The number of nitrogens with zero attached hydrogens (tertiary/aromatic N) is 2. The molecule has 1 aromatic carbocycles. The fraction of sp³-hybridized carbons (Fsp3) is 0.389. The molecule has 3 aliphatic heterocycles. The molecule has 2 fully saturated rings. The van der Waals surface area contributed by atoms with Crippen LogP contribution in [0.15, 0.2) is 18.2 Å². The zero-order chi connectivity index (χ0) is 18.4. The minimum Gasteiger partial charge on any atom is -0.370 e. The molecule has 2 atom stereocenters. The smallest absolute Gasteiger partial charge is 0.264 e. The van der Waals surface area contributed by atoms with Gasteiger partial charge >= 0.3 is 0 Å². The summed E-state index contributed by atoms with van der Waals surface area (Å²) in [5, 5.41) is 2.18. The number of hydrogen-bond acceptors (Lipinski definition) is 6. The molecule has 4 rings (SSSR count). The number of nitrogens with one attached hydrogen (secondary N) is 1. The van der Waals surface area contributed by atoms with Gasteiger partial charge in [0.05, 0.1) is 16.8 Å². The summed E-state index contributed by atoms with van der Waals surface area (Å²) in [4.78, 5) is 63.2. The SMILES string of the molecule is O=CC1CCN(c2cccc3c2C(=O)N(C2CCC(=O)NC2=O)C3=O)C1. The van der Waals surface area contributed by atoms with E-state index in [9.17, 15) is 24.0 Å². The molecule has 2 unspecified atom stereocenters. The molecule has 0 aliphatic carbocycles. The number of piperidine rings is 1. The van der Waals surface area contributed by atoms with Gasteiger partial charge in [-0.25, -0.2) is 0 Å². The van der Waals surface area contributed by atoms with Crippen LogP contribution in [0, 0.1) is 5.92 Å². The molecule has 0 aromatic heterocycles. The van der Waals surface area contributed by atoms with Gasteiger partial charge in [-0.05, 0) is 25.0 Å². The number of benzene rings is 1. The van der Waals surface area contributed by atoms with Crippen LogP contribution in [0.5, 0.6) is 0 Å². The summed E-state index contributed by atoms with van der Waals surface area (Å²) in [5.74, 6) is -2.17. The first-order chi connectivity index (χ1) is 12.5. The molecule has 3 heterocycles. The highest BCUT2D eigenvalue weighted by Crippen LogP contribution is 2.35. The van der Waals surface area contributed by atoms with Crippen molar-refractivity contribution in [2.45, 2.75) is 25.3 Å². The van der Waals surface area contributed by atoms with Crippen molar-refractivity contribution in [2.75, 3.05) is 18.0 Å². The molecule has 2 saturated heterocycles. The van der Waals surface area contributed by atoms with E-state index in [2.05, 4.69) is 5.32 Å². The second kappa shape index (κ2) is 6.05. The summed E-state index contributed by atoms with van der Waals surface area (Å²) in [6.07, 6.45) is 1.82. The fourth-order valence-electron chi connectivity index (χ4n) is 3.88. The van der Waals surface area contributed by atoms with Gasteiger partial charge in [-0.1, -0.05) is 6.07 Å². The van der Waals surface area contributed by atoms with E-state index in [0.29, 0.717) is 25.2 Å². The standard InChI is InChI=1S/C18H17N3O5/c22-9-10-6-7-20(8-10)12-3-1-2-11-15(12)18(26)21(17(11)25)13-4-5-14(23)19-16(13)24/h1-3,9-10,13H,4-8H2,(H,19,23,24). The highest BCUT2D eigenvalue weighted by atomic mass is 16.2. The average molecular weight is 355 g/mol. The fourth-order valence-corrected chi connectivity index (χ4v) is 3.88. The Bertz CT molecular complexity index is 849. The van der Waals surface area contributed by atoms with Crippen LogP contribution in [0.4, 0.5) is 5.69 Å². The Morgan fingerprint density at radius 1 is 1.08 bits per heavy atom. The molecule has 26 heavy (non-hydrogen) atoms. The lowest BCUT2D eigenvalue weighted by molar-refractivity contribution is -0.136. The van der Waals surface area contributed by atoms with Crippen LogP contribution in [0.25, 0.3) is 0 Å². The molecule has 1 N–H and O–H groups in total. The minimum atomic E-state index is -0.978. The number of aldehydes is 1. The molecule has 3 aliphatic rings. The van der Waals surface area contributed by atoms with Crippen molar-refractivity contribution in [2.24, 2.45) is 5.92 Å². The van der Waals surface area contributed by atoms with Crippen molar-refractivity contribution in [3.05, 3.63) is 29.3 Å². The lowest BCUT2D eigenvalue weighted by Crippen LogP contribution is -2.54. The number of fused-ring (bicyclic) bond motifs is 1. The Morgan fingerprint density at radius 2 is 1.88 bits per heavy atom. The molecule has 134 valence electrons. The van der Waals surface area contributed by atoms with Gasteiger partial charge in [0.15, 0.2) is 0 Å². The van der Waals surface area contributed by atoms with Crippen LogP contribution in [0.2, 0.25) is 0 Å².